The highest BCUT2D eigenvalue weighted by Gasteiger charge is 2.33. The quantitative estimate of drug-likeness (QED) is 0.668. The van der Waals surface area contributed by atoms with Gasteiger partial charge in [-0.2, -0.15) is 0 Å². The highest BCUT2D eigenvalue weighted by molar-refractivity contribution is 5.73. The first-order valence-corrected chi connectivity index (χ1v) is 5.81. The molecule has 0 saturated heterocycles. The van der Waals surface area contributed by atoms with Crippen molar-refractivity contribution >= 4 is 5.97 Å². The van der Waals surface area contributed by atoms with Gasteiger partial charge >= 0.3 is 5.97 Å². The predicted molar refractivity (Wildman–Crippen MR) is 63.7 cm³/mol. The van der Waals surface area contributed by atoms with E-state index in [9.17, 15) is 4.79 Å². The Bertz CT molecular complexity index is 206. The van der Waals surface area contributed by atoms with Crippen LogP contribution in [0, 0.1) is 11.3 Å². The molecular weight excluding hydrogens is 188 g/mol. The fraction of sp³-hybridized carbons (Fsp3) is 0.923. The van der Waals surface area contributed by atoms with Crippen LogP contribution in [-0.2, 0) is 9.53 Å². The van der Waals surface area contributed by atoms with Gasteiger partial charge in [-0.3, -0.25) is 4.79 Å². The van der Waals surface area contributed by atoms with E-state index in [1.54, 1.807) is 0 Å². The summed E-state index contributed by atoms with van der Waals surface area (Å²) in [7, 11) is 0. The van der Waals surface area contributed by atoms with Crippen LogP contribution in [0.25, 0.3) is 0 Å². The molecule has 0 aromatic rings. The molecule has 0 fully saturated rings. The molecule has 2 nitrogen and oxygen atoms in total. The van der Waals surface area contributed by atoms with Crippen LogP contribution in [0.3, 0.4) is 0 Å². The molecule has 0 unspecified atom stereocenters. The highest BCUT2D eigenvalue weighted by atomic mass is 16.6. The van der Waals surface area contributed by atoms with Crippen molar-refractivity contribution in [3.63, 3.8) is 0 Å². The molecule has 90 valence electrons. The first kappa shape index (κ1) is 14.5. The molecule has 0 aromatic carbocycles. The van der Waals surface area contributed by atoms with Gasteiger partial charge in [0.1, 0.15) is 5.60 Å². The molecule has 1 atom stereocenters. The Morgan fingerprint density at radius 2 is 1.60 bits per heavy atom. The van der Waals surface area contributed by atoms with E-state index in [4.69, 9.17) is 4.74 Å². The number of hydrogen-bond donors (Lipinski definition) is 0. The lowest BCUT2D eigenvalue weighted by Gasteiger charge is -2.31. The Hall–Kier alpha value is -0.530. The summed E-state index contributed by atoms with van der Waals surface area (Å²) in [5.74, 6) is -0.0569. The lowest BCUT2D eigenvalue weighted by molar-refractivity contribution is -0.164. The van der Waals surface area contributed by atoms with Gasteiger partial charge in [0.2, 0.25) is 0 Å². The van der Waals surface area contributed by atoms with Crippen LogP contribution in [0.5, 0.6) is 0 Å². The van der Waals surface area contributed by atoms with E-state index in [0.717, 1.165) is 12.8 Å². The predicted octanol–water partition coefficient (Wildman–Crippen LogP) is 3.79. The molecule has 0 bridgehead atoms. The SMILES string of the molecule is CCC[C@@H](C(=O)OC(C)(C)C)C(C)(C)C. The van der Waals surface area contributed by atoms with Crippen molar-refractivity contribution in [3.8, 4) is 0 Å². The summed E-state index contributed by atoms with van der Waals surface area (Å²) in [5, 5.41) is 0. The number of esters is 1. The molecule has 0 rings (SSSR count). The molecule has 0 aliphatic heterocycles. The second-order valence-electron chi connectivity index (χ2n) is 6.24. The van der Waals surface area contributed by atoms with E-state index < -0.39 is 0 Å². The number of carbonyl (C=O) groups is 1. The number of carbonyl (C=O) groups excluding carboxylic acids is 1. The van der Waals surface area contributed by atoms with Gasteiger partial charge in [-0.15, -0.1) is 0 Å². The first-order valence-electron chi connectivity index (χ1n) is 5.81. The molecule has 0 spiro atoms. The topological polar surface area (TPSA) is 26.3 Å². The maximum atomic E-state index is 12.0. The molecule has 2 heteroatoms. The number of ether oxygens (including phenoxy) is 1. The lowest BCUT2D eigenvalue weighted by Crippen LogP contribution is -2.35. The maximum absolute atomic E-state index is 12.0. The zero-order chi connectivity index (χ0) is 12.3. The van der Waals surface area contributed by atoms with Crippen LogP contribution in [0.4, 0.5) is 0 Å². The minimum atomic E-state index is -0.381. The molecule has 0 aliphatic carbocycles. The fourth-order valence-electron chi connectivity index (χ4n) is 1.57. The van der Waals surface area contributed by atoms with Crippen molar-refractivity contribution in [1.82, 2.24) is 0 Å². The summed E-state index contributed by atoms with van der Waals surface area (Å²) in [5.41, 5.74) is -0.396. The van der Waals surface area contributed by atoms with Gasteiger partial charge in [-0.25, -0.2) is 0 Å². The molecule has 0 N–H and O–H groups in total. The smallest absolute Gasteiger partial charge is 0.309 e. The van der Waals surface area contributed by atoms with E-state index in [1.165, 1.54) is 0 Å². The summed E-state index contributed by atoms with van der Waals surface area (Å²) in [6.07, 6.45) is 1.92. The third kappa shape index (κ3) is 5.81. The van der Waals surface area contributed by atoms with Gasteiger partial charge in [0, 0.05) is 0 Å². The van der Waals surface area contributed by atoms with Crippen molar-refractivity contribution in [2.45, 2.75) is 66.9 Å². The third-order valence-electron chi connectivity index (χ3n) is 2.31. The summed E-state index contributed by atoms with van der Waals surface area (Å²) in [6, 6.07) is 0. The molecule has 0 aromatic heterocycles. The maximum Gasteiger partial charge on any atom is 0.309 e. The molecular formula is C13H26O2. The molecule has 0 radical (unpaired) electrons. The van der Waals surface area contributed by atoms with Crippen molar-refractivity contribution in [2.75, 3.05) is 0 Å². The summed E-state index contributed by atoms with van der Waals surface area (Å²) < 4.78 is 5.44. The number of hydrogen-bond acceptors (Lipinski definition) is 2. The fourth-order valence-corrected chi connectivity index (χ4v) is 1.57. The van der Waals surface area contributed by atoms with E-state index in [1.807, 2.05) is 20.8 Å². The second-order valence-corrected chi connectivity index (χ2v) is 6.24. The van der Waals surface area contributed by atoms with Gasteiger partial charge in [-0.1, -0.05) is 34.1 Å². The molecule has 0 saturated carbocycles. The van der Waals surface area contributed by atoms with Crippen LogP contribution in [0.1, 0.15) is 61.3 Å². The minimum absolute atomic E-state index is 0.00160. The lowest BCUT2D eigenvalue weighted by atomic mass is 9.78. The molecule has 0 aliphatic rings. The average molecular weight is 214 g/mol. The van der Waals surface area contributed by atoms with Crippen molar-refractivity contribution in [3.05, 3.63) is 0 Å². The van der Waals surface area contributed by atoms with Gasteiger partial charge in [0.25, 0.3) is 0 Å². The molecule has 15 heavy (non-hydrogen) atoms. The van der Waals surface area contributed by atoms with E-state index >= 15 is 0 Å². The van der Waals surface area contributed by atoms with Gasteiger partial charge in [0.15, 0.2) is 0 Å². The zero-order valence-electron chi connectivity index (χ0n) is 11.3. The monoisotopic (exact) mass is 214 g/mol. The Morgan fingerprint density at radius 3 is 1.87 bits per heavy atom. The number of rotatable bonds is 3. The summed E-state index contributed by atoms with van der Waals surface area (Å²) >= 11 is 0. The Morgan fingerprint density at radius 1 is 1.13 bits per heavy atom. The zero-order valence-corrected chi connectivity index (χ0v) is 11.3. The van der Waals surface area contributed by atoms with Crippen LogP contribution in [-0.4, -0.2) is 11.6 Å². The molecule has 0 heterocycles. The van der Waals surface area contributed by atoms with Crippen LogP contribution in [0.2, 0.25) is 0 Å². The average Bonchev–Trinajstić information content (AvgIpc) is 1.93. The normalized spacial score (nSPS) is 14.9. The van der Waals surface area contributed by atoms with E-state index in [0.29, 0.717) is 0 Å². The van der Waals surface area contributed by atoms with Crippen molar-refractivity contribution in [2.24, 2.45) is 11.3 Å². The van der Waals surface area contributed by atoms with E-state index in [2.05, 4.69) is 27.7 Å². The summed E-state index contributed by atoms with van der Waals surface area (Å²) in [4.78, 5) is 12.0. The Kier molecular flexibility index (Phi) is 4.82. The highest BCUT2D eigenvalue weighted by Crippen LogP contribution is 2.31. The Balaban J connectivity index is 4.58. The largest absolute Gasteiger partial charge is 0.460 e. The van der Waals surface area contributed by atoms with Crippen LogP contribution >= 0.6 is 0 Å². The molecule has 0 amide bonds. The van der Waals surface area contributed by atoms with Crippen LogP contribution < -0.4 is 0 Å². The third-order valence-corrected chi connectivity index (χ3v) is 2.31. The Labute approximate surface area is 94.4 Å². The standard InChI is InChI=1S/C13H26O2/c1-8-9-10(12(2,3)4)11(14)15-13(5,6)7/h10H,8-9H2,1-7H3/t10-/m0/s1. The summed E-state index contributed by atoms with van der Waals surface area (Å²) in [6.45, 7) is 14.1. The second kappa shape index (κ2) is 5.00. The first-order chi connectivity index (χ1) is 6.58. The van der Waals surface area contributed by atoms with Gasteiger partial charge < -0.3 is 4.74 Å². The van der Waals surface area contributed by atoms with Crippen LogP contribution in [0.15, 0.2) is 0 Å². The van der Waals surface area contributed by atoms with Crippen molar-refractivity contribution < 1.29 is 9.53 Å². The minimum Gasteiger partial charge on any atom is -0.460 e. The van der Waals surface area contributed by atoms with Gasteiger partial charge in [-0.05, 0) is 32.6 Å². The van der Waals surface area contributed by atoms with Gasteiger partial charge in [0.05, 0.1) is 5.92 Å². The van der Waals surface area contributed by atoms with Crippen molar-refractivity contribution in [1.29, 1.82) is 0 Å². The van der Waals surface area contributed by atoms with E-state index in [-0.39, 0.29) is 22.9 Å².